The topological polar surface area (TPSA) is 53.2 Å². The van der Waals surface area contributed by atoms with E-state index in [0.717, 1.165) is 5.56 Å². The van der Waals surface area contributed by atoms with Crippen LogP contribution >= 0.6 is 11.6 Å². The summed E-state index contributed by atoms with van der Waals surface area (Å²) in [4.78, 5) is 0. The molecule has 102 valence electrons. The van der Waals surface area contributed by atoms with Crippen LogP contribution in [0.3, 0.4) is 0 Å². The van der Waals surface area contributed by atoms with Crippen LogP contribution in [0.25, 0.3) is 0 Å². The number of aryl methyl sites for hydroxylation is 1. The number of aliphatic hydroxyl groups excluding tert-OH is 1. The Morgan fingerprint density at radius 3 is 2.55 bits per heavy atom. The molecule has 0 aliphatic heterocycles. The van der Waals surface area contributed by atoms with Crippen LogP contribution in [0.5, 0.6) is 11.5 Å². The van der Waals surface area contributed by atoms with Crippen molar-refractivity contribution in [3.05, 3.63) is 58.1 Å². The minimum absolute atomic E-state index is 0.476. The molecule has 0 saturated heterocycles. The molecule has 20 heavy (non-hydrogen) atoms. The highest BCUT2D eigenvalue weighted by Crippen LogP contribution is 2.33. The first-order valence-electron chi connectivity index (χ1n) is 6.17. The van der Waals surface area contributed by atoms with Crippen molar-refractivity contribution in [2.45, 2.75) is 20.0 Å². The maximum Gasteiger partial charge on any atom is 0.134 e. The van der Waals surface area contributed by atoms with E-state index in [1.165, 1.54) is 0 Å². The van der Waals surface area contributed by atoms with Crippen molar-refractivity contribution >= 4 is 11.6 Å². The second-order valence-electron chi connectivity index (χ2n) is 4.55. The molecule has 2 rings (SSSR count). The van der Waals surface area contributed by atoms with Gasteiger partial charge in [-0.3, -0.25) is 0 Å². The molecule has 1 N–H and O–H groups in total. The van der Waals surface area contributed by atoms with E-state index in [2.05, 4.69) is 6.07 Å². The van der Waals surface area contributed by atoms with Gasteiger partial charge in [0.05, 0.1) is 17.7 Å². The third-order valence-corrected chi connectivity index (χ3v) is 3.18. The van der Waals surface area contributed by atoms with Crippen LogP contribution in [0.4, 0.5) is 0 Å². The second-order valence-corrected chi connectivity index (χ2v) is 4.99. The Labute approximate surface area is 123 Å². The molecule has 0 unspecified atom stereocenters. The zero-order valence-corrected chi connectivity index (χ0v) is 12.0. The number of benzene rings is 2. The van der Waals surface area contributed by atoms with Crippen molar-refractivity contribution in [2.75, 3.05) is 0 Å². The van der Waals surface area contributed by atoms with Crippen LogP contribution in [0.15, 0.2) is 36.4 Å². The van der Waals surface area contributed by atoms with Crippen molar-refractivity contribution < 1.29 is 9.84 Å². The lowest BCUT2D eigenvalue weighted by Gasteiger charge is -2.15. The SMILES string of the molecule is Cc1cc(Cl)ccc1Oc1cc(C#N)ccc1[C@H](C)O. The van der Waals surface area contributed by atoms with Gasteiger partial charge in [-0.1, -0.05) is 17.7 Å². The van der Waals surface area contributed by atoms with Crippen LogP contribution in [0.1, 0.15) is 29.7 Å². The normalized spacial score (nSPS) is 11.8. The highest BCUT2D eigenvalue weighted by molar-refractivity contribution is 6.30. The summed E-state index contributed by atoms with van der Waals surface area (Å²) in [6.07, 6.45) is -0.676. The van der Waals surface area contributed by atoms with Crippen LogP contribution in [-0.2, 0) is 0 Å². The summed E-state index contributed by atoms with van der Waals surface area (Å²) >= 11 is 5.91. The Morgan fingerprint density at radius 2 is 1.95 bits per heavy atom. The highest BCUT2D eigenvalue weighted by atomic mass is 35.5. The molecule has 0 aliphatic carbocycles. The molecular formula is C16H14ClNO2. The summed E-state index contributed by atoms with van der Waals surface area (Å²) in [5.41, 5.74) is 2.01. The Balaban J connectivity index is 2.43. The first-order chi connectivity index (χ1) is 9.51. The average Bonchev–Trinajstić information content (AvgIpc) is 2.41. The van der Waals surface area contributed by atoms with Crippen molar-refractivity contribution in [3.8, 4) is 17.6 Å². The lowest BCUT2D eigenvalue weighted by molar-refractivity contribution is 0.195. The molecule has 0 amide bonds. The van der Waals surface area contributed by atoms with Crippen molar-refractivity contribution in [1.29, 1.82) is 5.26 Å². The van der Waals surface area contributed by atoms with Crippen LogP contribution in [-0.4, -0.2) is 5.11 Å². The molecule has 4 heteroatoms. The summed E-state index contributed by atoms with van der Waals surface area (Å²) in [5.74, 6) is 1.12. The van der Waals surface area contributed by atoms with Gasteiger partial charge in [-0.15, -0.1) is 0 Å². The summed E-state index contributed by atoms with van der Waals surface area (Å²) in [6.45, 7) is 3.54. The zero-order valence-electron chi connectivity index (χ0n) is 11.2. The number of hydrogen-bond donors (Lipinski definition) is 1. The second kappa shape index (κ2) is 5.96. The van der Waals surface area contributed by atoms with Crippen molar-refractivity contribution in [3.63, 3.8) is 0 Å². The van der Waals surface area contributed by atoms with E-state index < -0.39 is 6.10 Å². The minimum atomic E-state index is -0.676. The first-order valence-corrected chi connectivity index (χ1v) is 6.55. The first kappa shape index (κ1) is 14.4. The van der Waals surface area contributed by atoms with Gasteiger partial charge in [0.2, 0.25) is 0 Å². The Hall–Kier alpha value is -2.02. The predicted molar refractivity (Wildman–Crippen MR) is 78.1 cm³/mol. The molecule has 0 radical (unpaired) electrons. The van der Waals surface area contributed by atoms with E-state index in [4.69, 9.17) is 21.6 Å². The Morgan fingerprint density at radius 1 is 1.20 bits per heavy atom. The zero-order chi connectivity index (χ0) is 14.7. The smallest absolute Gasteiger partial charge is 0.134 e. The lowest BCUT2D eigenvalue weighted by Crippen LogP contribution is -1.97. The highest BCUT2D eigenvalue weighted by Gasteiger charge is 2.12. The van der Waals surface area contributed by atoms with Gasteiger partial charge in [-0.05, 0) is 49.7 Å². The van der Waals surface area contributed by atoms with Gasteiger partial charge in [0.15, 0.2) is 0 Å². The van der Waals surface area contributed by atoms with E-state index in [1.54, 1.807) is 43.3 Å². The number of hydrogen-bond acceptors (Lipinski definition) is 3. The quantitative estimate of drug-likeness (QED) is 0.912. The van der Waals surface area contributed by atoms with Crippen LogP contribution in [0.2, 0.25) is 5.02 Å². The molecule has 1 atom stereocenters. The molecule has 0 aliphatic rings. The largest absolute Gasteiger partial charge is 0.457 e. The number of ether oxygens (including phenoxy) is 1. The molecule has 0 bridgehead atoms. The summed E-state index contributed by atoms with van der Waals surface area (Å²) in [7, 11) is 0. The number of nitriles is 1. The van der Waals surface area contributed by atoms with E-state index in [1.807, 2.05) is 6.92 Å². The molecule has 3 nitrogen and oxygen atoms in total. The van der Waals surface area contributed by atoms with Crippen molar-refractivity contribution in [1.82, 2.24) is 0 Å². The van der Waals surface area contributed by atoms with Crippen molar-refractivity contribution in [2.24, 2.45) is 0 Å². The maximum atomic E-state index is 9.78. The van der Waals surface area contributed by atoms with E-state index in [-0.39, 0.29) is 0 Å². The van der Waals surface area contributed by atoms with Gasteiger partial charge >= 0.3 is 0 Å². The monoisotopic (exact) mass is 287 g/mol. The fraction of sp³-hybridized carbons (Fsp3) is 0.188. The third kappa shape index (κ3) is 3.11. The summed E-state index contributed by atoms with van der Waals surface area (Å²) in [5, 5.41) is 19.4. The Bertz CT molecular complexity index is 675. The third-order valence-electron chi connectivity index (χ3n) is 2.95. The standard InChI is InChI=1S/C16H14ClNO2/c1-10-7-13(17)4-6-15(10)20-16-8-12(9-18)3-5-14(16)11(2)19/h3-8,11,19H,1-2H3/t11-/m0/s1. The van der Waals surface area contributed by atoms with Gasteiger partial charge in [0.25, 0.3) is 0 Å². The number of aliphatic hydroxyl groups is 1. The molecule has 2 aromatic carbocycles. The average molecular weight is 288 g/mol. The van der Waals surface area contributed by atoms with Gasteiger partial charge in [0.1, 0.15) is 11.5 Å². The fourth-order valence-electron chi connectivity index (χ4n) is 1.88. The van der Waals surface area contributed by atoms with Gasteiger partial charge in [0, 0.05) is 10.6 Å². The number of halogens is 1. The predicted octanol–water partition coefficient (Wildman–Crippen LogP) is 4.37. The van der Waals surface area contributed by atoms with E-state index in [9.17, 15) is 5.11 Å². The van der Waals surface area contributed by atoms with Gasteiger partial charge in [-0.25, -0.2) is 0 Å². The fourth-order valence-corrected chi connectivity index (χ4v) is 2.11. The molecular weight excluding hydrogens is 274 g/mol. The van der Waals surface area contributed by atoms with Gasteiger partial charge in [-0.2, -0.15) is 5.26 Å². The molecule has 0 aromatic heterocycles. The van der Waals surface area contributed by atoms with E-state index in [0.29, 0.717) is 27.6 Å². The molecule has 0 saturated carbocycles. The summed E-state index contributed by atoms with van der Waals surface area (Å²) in [6, 6.07) is 12.3. The number of nitrogens with zero attached hydrogens (tertiary/aromatic N) is 1. The van der Waals surface area contributed by atoms with E-state index >= 15 is 0 Å². The Kier molecular flexibility index (Phi) is 4.29. The number of rotatable bonds is 3. The molecule has 0 fully saturated rings. The minimum Gasteiger partial charge on any atom is -0.457 e. The van der Waals surface area contributed by atoms with Crippen LogP contribution in [0, 0.1) is 18.3 Å². The van der Waals surface area contributed by atoms with Gasteiger partial charge < -0.3 is 9.84 Å². The molecule has 2 aromatic rings. The van der Waals surface area contributed by atoms with Crippen LogP contribution < -0.4 is 4.74 Å². The maximum absolute atomic E-state index is 9.78. The lowest BCUT2D eigenvalue weighted by atomic mass is 10.1. The molecule has 0 spiro atoms. The summed E-state index contributed by atoms with van der Waals surface area (Å²) < 4.78 is 5.83. The molecule has 0 heterocycles.